The van der Waals surface area contributed by atoms with Crippen molar-refractivity contribution >= 4 is 34.6 Å². The lowest BCUT2D eigenvalue weighted by Crippen LogP contribution is -2.58. The predicted molar refractivity (Wildman–Crippen MR) is 127 cm³/mol. The molecule has 3 rings (SSSR count). The number of benzene rings is 1. The first-order chi connectivity index (χ1) is 16.1. The number of hydrogen-bond acceptors (Lipinski definition) is 5. The summed E-state index contributed by atoms with van der Waals surface area (Å²) in [6.07, 6.45) is 2.87. The van der Waals surface area contributed by atoms with Gasteiger partial charge in [0.1, 0.15) is 18.1 Å². The lowest BCUT2D eigenvalue weighted by Gasteiger charge is -2.31. The van der Waals surface area contributed by atoms with Gasteiger partial charge in [-0.3, -0.25) is 14.4 Å². The average Bonchev–Trinajstić information content (AvgIpc) is 3.43. The molecular formula is C24H33N5O5. The van der Waals surface area contributed by atoms with Crippen LogP contribution in [0.4, 0.5) is 0 Å². The number of carbonyl (C=O) groups excluding carboxylic acids is 3. The second-order valence-corrected chi connectivity index (χ2v) is 9.17. The molecule has 0 radical (unpaired) electrons. The quantitative estimate of drug-likeness (QED) is 0.363. The highest BCUT2D eigenvalue weighted by Gasteiger charge is 2.39. The van der Waals surface area contributed by atoms with E-state index < -0.39 is 42.0 Å². The molecule has 2 aromatic rings. The number of amides is 3. The number of carboxylic acid groups (broad SMARTS) is 1. The molecule has 1 aliphatic heterocycles. The number of rotatable bonds is 9. The number of nitrogens with one attached hydrogen (secondary N) is 3. The molecule has 10 heteroatoms. The summed E-state index contributed by atoms with van der Waals surface area (Å²) in [7, 11) is 0. The van der Waals surface area contributed by atoms with E-state index in [2.05, 4.69) is 15.6 Å². The van der Waals surface area contributed by atoms with Gasteiger partial charge in [-0.1, -0.05) is 32.0 Å². The van der Waals surface area contributed by atoms with Gasteiger partial charge in [-0.2, -0.15) is 0 Å². The van der Waals surface area contributed by atoms with E-state index in [0.717, 1.165) is 16.5 Å². The van der Waals surface area contributed by atoms with E-state index in [0.29, 0.717) is 19.4 Å². The van der Waals surface area contributed by atoms with Gasteiger partial charge in [0.25, 0.3) is 0 Å². The normalized spacial score (nSPS) is 18.5. The fraction of sp³-hybridized carbons (Fsp3) is 0.500. The molecular weight excluding hydrogens is 438 g/mol. The Morgan fingerprint density at radius 1 is 1.18 bits per heavy atom. The number of aliphatic carboxylic acids is 1. The van der Waals surface area contributed by atoms with Crippen LogP contribution in [-0.2, 0) is 25.6 Å². The van der Waals surface area contributed by atoms with Gasteiger partial charge < -0.3 is 31.4 Å². The van der Waals surface area contributed by atoms with Gasteiger partial charge in [0, 0.05) is 30.1 Å². The molecule has 2 heterocycles. The summed E-state index contributed by atoms with van der Waals surface area (Å²) in [6.45, 7) is 5.49. The molecule has 0 saturated carbocycles. The van der Waals surface area contributed by atoms with E-state index in [4.69, 9.17) is 5.73 Å². The van der Waals surface area contributed by atoms with Gasteiger partial charge in [0.15, 0.2) is 0 Å². The Bertz CT molecular complexity index is 1060. The zero-order valence-corrected chi connectivity index (χ0v) is 19.7. The largest absolute Gasteiger partial charge is 0.480 e. The van der Waals surface area contributed by atoms with Crippen LogP contribution in [0.15, 0.2) is 30.5 Å². The third-order valence-electron chi connectivity index (χ3n) is 6.20. The number of H-pyrrole nitrogens is 1. The second kappa shape index (κ2) is 10.7. The van der Waals surface area contributed by atoms with Gasteiger partial charge >= 0.3 is 5.97 Å². The number of carbonyl (C=O) groups is 4. The smallest absolute Gasteiger partial charge is 0.326 e. The first kappa shape index (κ1) is 25.2. The van der Waals surface area contributed by atoms with Crippen LogP contribution in [0.3, 0.4) is 0 Å². The zero-order chi connectivity index (χ0) is 25.0. The Labute approximate surface area is 198 Å². The standard InChI is InChI=1S/C24H33N5O5/c1-13(2)20(28-21(30)14(3)25)23(32)29-10-6-9-19(29)22(31)27-18(24(33)34)11-15-12-26-17-8-5-4-7-16(15)17/h4-5,7-8,12-14,18-20,26H,6,9-11,25H2,1-3H3,(H,27,31)(H,28,30)(H,33,34)/t14-,18-,19-,20-/m0/s1. The summed E-state index contributed by atoms with van der Waals surface area (Å²) in [5.74, 6) is -2.70. The van der Waals surface area contributed by atoms with E-state index >= 15 is 0 Å². The lowest BCUT2D eigenvalue weighted by molar-refractivity contribution is -0.145. The summed E-state index contributed by atoms with van der Waals surface area (Å²) in [6, 6.07) is 3.98. The van der Waals surface area contributed by atoms with Crippen LogP contribution in [0, 0.1) is 5.92 Å². The number of nitrogens with two attached hydrogens (primary N) is 1. The molecule has 1 saturated heterocycles. The van der Waals surface area contributed by atoms with Crippen molar-refractivity contribution in [3.8, 4) is 0 Å². The van der Waals surface area contributed by atoms with Crippen LogP contribution in [-0.4, -0.2) is 69.4 Å². The molecule has 3 amide bonds. The van der Waals surface area contributed by atoms with Crippen LogP contribution >= 0.6 is 0 Å². The molecule has 1 aliphatic rings. The molecule has 0 bridgehead atoms. The molecule has 1 aromatic carbocycles. The number of aromatic nitrogens is 1. The van der Waals surface area contributed by atoms with Crippen LogP contribution in [0.1, 0.15) is 39.2 Å². The molecule has 0 unspecified atom stereocenters. The van der Waals surface area contributed by atoms with Crippen molar-refractivity contribution in [2.24, 2.45) is 11.7 Å². The molecule has 4 atom stereocenters. The zero-order valence-electron chi connectivity index (χ0n) is 19.7. The van der Waals surface area contributed by atoms with Crippen molar-refractivity contribution in [2.45, 2.75) is 64.2 Å². The Morgan fingerprint density at radius 2 is 1.88 bits per heavy atom. The van der Waals surface area contributed by atoms with Crippen LogP contribution in [0.5, 0.6) is 0 Å². The van der Waals surface area contributed by atoms with Gasteiger partial charge in [0.2, 0.25) is 17.7 Å². The fourth-order valence-electron chi connectivity index (χ4n) is 4.27. The third-order valence-corrected chi connectivity index (χ3v) is 6.20. The Hall–Kier alpha value is -3.40. The molecule has 0 spiro atoms. The minimum absolute atomic E-state index is 0.102. The number of fused-ring (bicyclic) bond motifs is 1. The van der Waals surface area contributed by atoms with Crippen molar-refractivity contribution in [1.29, 1.82) is 0 Å². The molecule has 1 fully saturated rings. The number of carboxylic acids is 1. The van der Waals surface area contributed by atoms with Crippen LogP contribution in [0.25, 0.3) is 10.9 Å². The minimum Gasteiger partial charge on any atom is -0.480 e. The molecule has 6 N–H and O–H groups in total. The Kier molecular flexibility index (Phi) is 7.93. The third kappa shape index (κ3) is 5.56. The minimum atomic E-state index is -1.15. The average molecular weight is 472 g/mol. The summed E-state index contributed by atoms with van der Waals surface area (Å²) in [5, 5.41) is 15.9. The number of likely N-dealkylation sites (tertiary alicyclic amines) is 1. The predicted octanol–water partition coefficient (Wildman–Crippen LogP) is 0.759. The maximum atomic E-state index is 13.3. The van der Waals surface area contributed by atoms with Crippen molar-refractivity contribution in [2.75, 3.05) is 6.54 Å². The van der Waals surface area contributed by atoms with Crippen molar-refractivity contribution < 1.29 is 24.3 Å². The van der Waals surface area contributed by atoms with E-state index in [1.807, 2.05) is 24.3 Å². The van der Waals surface area contributed by atoms with Crippen LogP contribution < -0.4 is 16.4 Å². The first-order valence-corrected chi connectivity index (χ1v) is 11.5. The van der Waals surface area contributed by atoms with E-state index in [1.165, 1.54) is 11.8 Å². The molecule has 34 heavy (non-hydrogen) atoms. The summed E-state index contributed by atoms with van der Waals surface area (Å²) >= 11 is 0. The maximum Gasteiger partial charge on any atom is 0.326 e. The molecule has 0 aliphatic carbocycles. The highest BCUT2D eigenvalue weighted by atomic mass is 16.4. The van der Waals surface area contributed by atoms with Crippen molar-refractivity contribution in [1.82, 2.24) is 20.5 Å². The van der Waals surface area contributed by atoms with Gasteiger partial charge in [-0.05, 0) is 37.3 Å². The van der Waals surface area contributed by atoms with E-state index in [-0.39, 0.29) is 18.2 Å². The summed E-state index contributed by atoms with van der Waals surface area (Å²) < 4.78 is 0. The summed E-state index contributed by atoms with van der Waals surface area (Å²) in [4.78, 5) is 55.0. The van der Waals surface area contributed by atoms with E-state index in [1.54, 1.807) is 20.0 Å². The number of aromatic amines is 1. The van der Waals surface area contributed by atoms with E-state index in [9.17, 15) is 24.3 Å². The van der Waals surface area contributed by atoms with Gasteiger partial charge in [0.05, 0.1) is 6.04 Å². The number of para-hydroxylation sites is 1. The van der Waals surface area contributed by atoms with Gasteiger partial charge in [-0.25, -0.2) is 4.79 Å². The Balaban J connectivity index is 1.73. The molecule has 10 nitrogen and oxygen atoms in total. The second-order valence-electron chi connectivity index (χ2n) is 9.17. The molecule has 184 valence electrons. The number of hydrogen-bond donors (Lipinski definition) is 5. The highest BCUT2D eigenvalue weighted by molar-refractivity contribution is 5.95. The monoisotopic (exact) mass is 471 g/mol. The topological polar surface area (TPSA) is 158 Å². The lowest BCUT2D eigenvalue weighted by atomic mass is 10.0. The summed E-state index contributed by atoms with van der Waals surface area (Å²) in [5.41, 5.74) is 7.29. The van der Waals surface area contributed by atoms with Crippen molar-refractivity contribution in [3.05, 3.63) is 36.0 Å². The van der Waals surface area contributed by atoms with Crippen LogP contribution in [0.2, 0.25) is 0 Å². The van der Waals surface area contributed by atoms with Crippen molar-refractivity contribution in [3.63, 3.8) is 0 Å². The maximum absolute atomic E-state index is 13.3. The number of nitrogens with zero attached hydrogens (tertiary/aromatic N) is 1. The first-order valence-electron chi connectivity index (χ1n) is 11.5. The Morgan fingerprint density at radius 3 is 2.53 bits per heavy atom. The SMILES string of the molecule is CC(C)[C@H](NC(=O)[C@H](C)N)C(=O)N1CCC[C@H]1C(=O)N[C@@H](Cc1c[nH]c2ccccc12)C(=O)O. The van der Waals surface area contributed by atoms with Gasteiger partial charge in [-0.15, -0.1) is 0 Å². The highest BCUT2D eigenvalue weighted by Crippen LogP contribution is 2.22. The molecule has 1 aromatic heterocycles. The fourth-order valence-corrected chi connectivity index (χ4v) is 4.27.